The van der Waals surface area contributed by atoms with Crippen LogP contribution in [0.2, 0.25) is 0 Å². The summed E-state index contributed by atoms with van der Waals surface area (Å²) in [6, 6.07) is 7.19. The summed E-state index contributed by atoms with van der Waals surface area (Å²) in [4.78, 5) is 28.4. The lowest BCUT2D eigenvalue weighted by molar-refractivity contribution is 0.0895. The van der Waals surface area contributed by atoms with Gasteiger partial charge in [0.15, 0.2) is 11.6 Å². The zero-order chi connectivity index (χ0) is 14.8. The molecular weight excluding hydrogens is 266 g/mol. The van der Waals surface area contributed by atoms with Gasteiger partial charge in [-0.1, -0.05) is 29.8 Å². The van der Waals surface area contributed by atoms with Gasteiger partial charge in [-0.3, -0.25) is 14.6 Å². The maximum absolute atomic E-state index is 12.3. The Morgan fingerprint density at radius 2 is 1.86 bits per heavy atom. The topological polar surface area (TPSA) is 64.3 Å². The molecule has 2 aromatic heterocycles. The molecule has 3 rings (SSSR count). The number of fused-ring (bicyclic) bond motifs is 1. The van der Waals surface area contributed by atoms with Crippen LogP contribution in [0.5, 0.6) is 0 Å². The Labute approximate surface area is 121 Å². The third kappa shape index (κ3) is 2.58. The molecule has 0 aliphatic rings. The average molecular weight is 279 g/mol. The van der Waals surface area contributed by atoms with Crippen molar-refractivity contribution in [2.24, 2.45) is 0 Å². The van der Waals surface area contributed by atoms with E-state index in [0.29, 0.717) is 16.6 Å². The molecule has 3 aromatic rings. The van der Waals surface area contributed by atoms with E-state index in [4.69, 9.17) is 0 Å². The highest BCUT2D eigenvalue weighted by atomic mass is 16.1. The number of hydrogen-bond donors (Lipinski definition) is 0. The number of carbonyl (C=O) groups excluding carboxylic acids is 2. The van der Waals surface area contributed by atoms with E-state index in [9.17, 15) is 9.59 Å². The summed E-state index contributed by atoms with van der Waals surface area (Å²) in [6.07, 6.45) is 6.12. The van der Waals surface area contributed by atoms with Gasteiger partial charge in [0.25, 0.3) is 0 Å². The Balaban J connectivity index is 1.83. The molecule has 21 heavy (non-hydrogen) atoms. The molecule has 0 fully saturated rings. The number of aromatic nitrogens is 3. The van der Waals surface area contributed by atoms with Crippen molar-refractivity contribution in [2.45, 2.75) is 13.3 Å². The van der Waals surface area contributed by atoms with Crippen molar-refractivity contribution in [1.82, 2.24) is 14.6 Å². The van der Waals surface area contributed by atoms with Gasteiger partial charge in [-0.25, -0.2) is 4.52 Å². The van der Waals surface area contributed by atoms with Crippen LogP contribution >= 0.6 is 0 Å². The molecule has 2 heterocycles. The lowest BCUT2D eigenvalue weighted by Gasteiger charge is -2.01. The van der Waals surface area contributed by atoms with E-state index in [0.717, 1.165) is 5.56 Å². The van der Waals surface area contributed by atoms with Crippen LogP contribution in [0.1, 0.15) is 32.7 Å². The van der Waals surface area contributed by atoms with Gasteiger partial charge in [-0.05, 0) is 6.92 Å². The molecule has 0 N–H and O–H groups in total. The molecule has 0 saturated heterocycles. The van der Waals surface area contributed by atoms with Gasteiger partial charge < -0.3 is 0 Å². The fraction of sp³-hybridized carbons (Fsp3) is 0.125. The number of benzene rings is 1. The van der Waals surface area contributed by atoms with Crippen molar-refractivity contribution in [3.8, 4) is 0 Å². The molecule has 0 spiro atoms. The lowest BCUT2D eigenvalue weighted by Crippen LogP contribution is -2.08. The average Bonchev–Trinajstić information content (AvgIpc) is 2.92. The van der Waals surface area contributed by atoms with E-state index in [2.05, 4.69) is 10.1 Å². The number of hydrogen-bond acceptors (Lipinski definition) is 4. The van der Waals surface area contributed by atoms with Crippen molar-refractivity contribution in [3.63, 3.8) is 0 Å². The highest BCUT2D eigenvalue weighted by molar-refractivity contribution is 6.15. The summed E-state index contributed by atoms with van der Waals surface area (Å²) >= 11 is 0. The maximum Gasteiger partial charge on any atom is 0.174 e. The second kappa shape index (κ2) is 5.28. The summed E-state index contributed by atoms with van der Waals surface area (Å²) in [7, 11) is 0. The predicted molar refractivity (Wildman–Crippen MR) is 77.4 cm³/mol. The number of nitrogens with zero attached hydrogens (tertiary/aromatic N) is 3. The molecule has 104 valence electrons. The molecule has 0 aliphatic carbocycles. The van der Waals surface area contributed by atoms with Crippen molar-refractivity contribution < 1.29 is 9.59 Å². The molecule has 0 radical (unpaired) electrons. The summed E-state index contributed by atoms with van der Waals surface area (Å²) in [5.74, 6) is -0.438. The summed E-state index contributed by atoms with van der Waals surface area (Å²) in [6.45, 7) is 1.95. The fourth-order valence-corrected chi connectivity index (χ4v) is 2.13. The van der Waals surface area contributed by atoms with Crippen molar-refractivity contribution in [2.75, 3.05) is 0 Å². The Hall–Kier alpha value is -2.82. The largest absolute Gasteiger partial charge is 0.294 e. The molecule has 1 aromatic carbocycles. The van der Waals surface area contributed by atoms with Gasteiger partial charge in [-0.2, -0.15) is 5.10 Å². The third-order valence-electron chi connectivity index (χ3n) is 3.32. The van der Waals surface area contributed by atoms with Crippen molar-refractivity contribution in [3.05, 3.63) is 65.7 Å². The standard InChI is InChI=1S/C16H13N3O2/c1-11-2-4-12(5-3-11)15(20)8-16(21)13-9-18-19-7-6-17-10-14(13)19/h2-7,9-10H,8H2,1H3. The highest BCUT2D eigenvalue weighted by Gasteiger charge is 2.17. The Morgan fingerprint density at radius 3 is 2.62 bits per heavy atom. The summed E-state index contributed by atoms with van der Waals surface area (Å²) in [5.41, 5.74) is 2.65. The first-order valence-corrected chi connectivity index (χ1v) is 6.55. The first kappa shape index (κ1) is 13.2. The number of rotatable bonds is 4. The molecular formula is C16H13N3O2. The second-order valence-corrected chi connectivity index (χ2v) is 4.85. The first-order valence-electron chi connectivity index (χ1n) is 6.55. The minimum absolute atomic E-state index is 0.167. The summed E-state index contributed by atoms with van der Waals surface area (Å²) in [5, 5.41) is 4.08. The van der Waals surface area contributed by atoms with Crippen molar-refractivity contribution in [1.29, 1.82) is 0 Å². The molecule has 5 nitrogen and oxygen atoms in total. The third-order valence-corrected chi connectivity index (χ3v) is 3.32. The van der Waals surface area contributed by atoms with Crippen LogP contribution in [-0.2, 0) is 0 Å². The fourth-order valence-electron chi connectivity index (χ4n) is 2.13. The molecule has 0 aliphatic heterocycles. The molecule has 0 saturated carbocycles. The zero-order valence-corrected chi connectivity index (χ0v) is 11.5. The van der Waals surface area contributed by atoms with Gasteiger partial charge in [0.1, 0.15) is 0 Å². The number of Topliss-reactive ketones (excluding diaryl/α,β-unsaturated/α-hetero) is 2. The van der Waals surface area contributed by atoms with Gasteiger partial charge in [0.05, 0.1) is 29.9 Å². The molecule has 5 heteroatoms. The monoisotopic (exact) mass is 279 g/mol. The van der Waals surface area contributed by atoms with Gasteiger partial charge in [-0.15, -0.1) is 0 Å². The molecule has 0 amide bonds. The Bertz CT molecular complexity index is 819. The highest BCUT2D eigenvalue weighted by Crippen LogP contribution is 2.14. The normalized spacial score (nSPS) is 10.7. The van der Waals surface area contributed by atoms with Crippen molar-refractivity contribution >= 4 is 17.1 Å². The molecule has 0 bridgehead atoms. The van der Waals surface area contributed by atoms with E-state index in [1.807, 2.05) is 19.1 Å². The minimum atomic E-state index is -0.247. The maximum atomic E-state index is 12.3. The van der Waals surface area contributed by atoms with Gasteiger partial charge >= 0.3 is 0 Å². The van der Waals surface area contributed by atoms with E-state index < -0.39 is 0 Å². The quantitative estimate of drug-likeness (QED) is 0.543. The van der Waals surface area contributed by atoms with Crippen LogP contribution in [0.25, 0.3) is 5.52 Å². The van der Waals surface area contributed by atoms with Crippen LogP contribution in [0.4, 0.5) is 0 Å². The first-order chi connectivity index (χ1) is 10.1. The Kier molecular flexibility index (Phi) is 3.31. The van der Waals surface area contributed by atoms with Gasteiger partial charge in [0, 0.05) is 18.0 Å². The number of aryl methyl sites for hydroxylation is 1. The zero-order valence-electron chi connectivity index (χ0n) is 11.5. The smallest absolute Gasteiger partial charge is 0.174 e. The van der Waals surface area contributed by atoms with Crippen LogP contribution in [0, 0.1) is 6.92 Å². The van der Waals surface area contributed by atoms with Crippen LogP contribution in [0.3, 0.4) is 0 Å². The Morgan fingerprint density at radius 1 is 1.10 bits per heavy atom. The predicted octanol–water partition coefficient (Wildman–Crippen LogP) is 2.49. The van der Waals surface area contributed by atoms with Crippen LogP contribution in [0.15, 0.2) is 49.1 Å². The lowest BCUT2D eigenvalue weighted by atomic mass is 10.0. The molecule has 0 unspecified atom stereocenters. The van der Waals surface area contributed by atoms with E-state index in [1.165, 1.54) is 6.20 Å². The SMILES string of the molecule is Cc1ccc(C(=O)CC(=O)c2cnn3ccncc23)cc1. The minimum Gasteiger partial charge on any atom is -0.294 e. The van der Waals surface area contributed by atoms with Gasteiger partial charge in [0.2, 0.25) is 0 Å². The van der Waals surface area contributed by atoms with E-state index in [-0.39, 0.29) is 18.0 Å². The summed E-state index contributed by atoms with van der Waals surface area (Å²) < 4.78 is 1.57. The number of carbonyl (C=O) groups is 2. The van der Waals surface area contributed by atoms with E-state index >= 15 is 0 Å². The second-order valence-electron chi connectivity index (χ2n) is 4.85. The van der Waals surface area contributed by atoms with Crippen LogP contribution in [-0.4, -0.2) is 26.2 Å². The number of ketones is 2. The molecule has 0 atom stereocenters. The van der Waals surface area contributed by atoms with Crippen LogP contribution < -0.4 is 0 Å². The van der Waals surface area contributed by atoms with E-state index in [1.54, 1.807) is 35.2 Å².